The second-order valence-electron chi connectivity index (χ2n) is 14.6. The van der Waals surface area contributed by atoms with Crippen molar-refractivity contribution in [3.8, 4) is 0 Å². The maximum absolute atomic E-state index is 14.5. The highest BCUT2D eigenvalue weighted by atomic mass is 19.4. The van der Waals surface area contributed by atoms with Crippen molar-refractivity contribution < 1.29 is 75.9 Å². The molecule has 54 heavy (non-hydrogen) atoms. The van der Waals surface area contributed by atoms with E-state index in [1.807, 2.05) is 0 Å². The fraction of sp³-hybridized carbons (Fsp3) is 0.629. The molecule has 3 saturated heterocycles. The average molecular weight is 772 g/mol. The number of nitrogens with zero attached hydrogens (tertiary/aromatic N) is 1. The number of rotatable bonds is 14. The van der Waals surface area contributed by atoms with Gasteiger partial charge < -0.3 is 44.5 Å². The Kier molecular flexibility index (Phi) is 12.4. The molecule has 4 N–H and O–H groups in total. The molecule has 4 aliphatic rings. The van der Waals surface area contributed by atoms with Crippen molar-refractivity contribution in [2.45, 2.75) is 114 Å². The van der Waals surface area contributed by atoms with Crippen LogP contribution in [-0.4, -0.2) is 125 Å². The number of hydroxylamine groups is 2. The molecule has 9 atom stereocenters. The first-order chi connectivity index (χ1) is 25.3. The summed E-state index contributed by atoms with van der Waals surface area (Å²) in [5.74, 6) is -4.25. The zero-order valence-electron chi connectivity index (χ0n) is 30.0. The molecule has 16 nitrogen and oxygen atoms in total. The number of halogens is 3. The topological polar surface area (TPSA) is 208 Å². The molecule has 1 aromatic carbocycles. The van der Waals surface area contributed by atoms with Gasteiger partial charge in [-0.15, -0.1) is 0 Å². The molecule has 1 aliphatic carbocycles. The van der Waals surface area contributed by atoms with E-state index in [1.165, 1.54) is 18.1 Å². The number of esters is 3. The first-order valence-corrected chi connectivity index (χ1v) is 17.3. The summed E-state index contributed by atoms with van der Waals surface area (Å²) in [6.07, 6.45) is -7.96. The van der Waals surface area contributed by atoms with Gasteiger partial charge in [0.1, 0.15) is 48.3 Å². The van der Waals surface area contributed by atoms with Crippen LogP contribution in [0.15, 0.2) is 30.3 Å². The quantitative estimate of drug-likeness (QED) is 0.117. The van der Waals surface area contributed by atoms with Crippen molar-refractivity contribution in [2.75, 3.05) is 20.0 Å². The van der Waals surface area contributed by atoms with Crippen LogP contribution in [0.3, 0.4) is 0 Å². The second kappa shape index (κ2) is 16.3. The lowest BCUT2D eigenvalue weighted by Gasteiger charge is -2.49. The van der Waals surface area contributed by atoms with E-state index in [0.29, 0.717) is 11.1 Å². The molecule has 1 saturated carbocycles. The smallest absolute Gasteiger partial charge is 0.422 e. The van der Waals surface area contributed by atoms with Gasteiger partial charge in [-0.3, -0.25) is 24.0 Å². The van der Waals surface area contributed by atoms with Gasteiger partial charge in [0.15, 0.2) is 12.6 Å². The van der Waals surface area contributed by atoms with E-state index in [1.54, 1.807) is 45.0 Å². The van der Waals surface area contributed by atoms with Crippen molar-refractivity contribution in [3.63, 3.8) is 0 Å². The zero-order chi connectivity index (χ0) is 39.6. The lowest BCUT2D eigenvalue weighted by atomic mass is 9.62. The van der Waals surface area contributed by atoms with Gasteiger partial charge in [0.05, 0.1) is 25.3 Å². The van der Waals surface area contributed by atoms with Crippen molar-refractivity contribution in [1.82, 2.24) is 15.7 Å². The molecule has 0 radical (unpaired) electrons. The van der Waals surface area contributed by atoms with Crippen LogP contribution in [0.4, 0.5) is 13.2 Å². The minimum absolute atomic E-state index is 0.00157. The van der Waals surface area contributed by atoms with E-state index in [-0.39, 0.29) is 32.6 Å². The van der Waals surface area contributed by atoms with Crippen LogP contribution in [0.2, 0.25) is 0 Å². The van der Waals surface area contributed by atoms with Gasteiger partial charge in [-0.1, -0.05) is 24.3 Å². The number of aliphatic hydroxyl groups excluding tert-OH is 2. The maximum Gasteiger partial charge on any atom is 0.422 e. The van der Waals surface area contributed by atoms with E-state index in [0.717, 1.165) is 6.08 Å². The van der Waals surface area contributed by atoms with E-state index < -0.39 is 109 Å². The summed E-state index contributed by atoms with van der Waals surface area (Å²) in [6.45, 7) is 3.78. The molecule has 1 aromatic rings. The molecule has 298 valence electrons. The normalized spacial score (nSPS) is 28.1. The predicted molar refractivity (Wildman–Crippen MR) is 176 cm³/mol. The minimum atomic E-state index is -4.68. The van der Waals surface area contributed by atoms with Crippen LogP contribution in [0.1, 0.15) is 58.1 Å². The lowest BCUT2D eigenvalue weighted by molar-refractivity contribution is -0.201. The molecule has 3 aliphatic heterocycles. The first kappa shape index (κ1) is 41.0. The third kappa shape index (κ3) is 9.38. The van der Waals surface area contributed by atoms with Crippen LogP contribution in [-0.2, 0) is 59.0 Å². The molecular weight excluding hydrogens is 727 g/mol. The van der Waals surface area contributed by atoms with E-state index >= 15 is 0 Å². The molecule has 9 unspecified atom stereocenters. The fourth-order valence-corrected chi connectivity index (χ4v) is 7.04. The van der Waals surface area contributed by atoms with Gasteiger partial charge in [0.2, 0.25) is 11.8 Å². The number of hydrogen-bond donors (Lipinski definition) is 4. The van der Waals surface area contributed by atoms with Crippen LogP contribution in [0, 0.1) is 5.41 Å². The number of carbonyl (C=O) groups excluding carboxylic acids is 5. The molecular formula is C35H44F3N3O13. The maximum atomic E-state index is 14.5. The van der Waals surface area contributed by atoms with Crippen molar-refractivity contribution >= 4 is 35.8 Å². The molecule has 2 amide bonds. The lowest BCUT2D eigenvalue weighted by Crippen LogP contribution is -2.71. The van der Waals surface area contributed by atoms with Gasteiger partial charge in [0, 0.05) is 18.9 Å². The van der Waals surface area contributed by atoms with E-state index in [4.69, 9.17) is 23.8 Å². The average Bonchev–Trinajstić information content (AvgIpc) is 3.71. The van der Waals surface area contributed by atoms with Crippen LogP contribution >= 0.6 is 0 Å². The standard InChI is InChI=1S/C35H44F3N3O13/c1-18(43)25(30(46)39-21(15-42)9-11-24(45)53-33(2,3)4)40-32(48)34-13-22-26-27(51-17-50-26)29(34)54-41(28(34)31(47)52-22)14-20-7-5-6-19(12-20)8-10-23(44)49-16-35(36,37)38/h5-8,10,12,18,21-22,25-29,42-43H,9,11,13-17H2,1-4H3,(H,39,46)(H,40,48). The van der Waals surface area contributed by atoms with Crippen molar-refractivity contribution in [3.05, 3.63) is 41.5 Å². The van der Waals surface area contributed by atoms with Gasteiger partial charge in [-0.25, -0.2) is 4.79 Å². The highest BCUT2D eigenvalue weighted by Gasteiger charge is 2.74. The number of amides is 2. The number of hydrogen-bond acceptors (Lipinski definition) is 14. The number of aliphatic hydroxyl groups is 2. The largest absolute Gasteiger partial charge is 0.460 e. The summed E-state index contributed by atoms with van der Waals surface area (Å²) >= 11 is 0. The van der Waals surface area contributed by atoms with Crippen molar-refractivity contribution in [2.24, 2.45) is 5.41 Å². The Morgan fingerprint density at radius 2 is 1.85 bits per heavy atom. The molecule has 3 heterocycles. The summed E-state index contributed by atoms with van der Waals surface area (Å²) in [5.41, 5.74) is -1.54. The summed E-state index contributed by atoms with van der Waals surface area (Å²) in [4.78, 5) is 72.1. The third-order valence-electron chi connectivity index (χ3n) is 9.31. The van der Waals surface area contributed by atoms with E-state index in [9.17, 15) is 47.4 Å². The third-order valence-corrected chi connectivity index (χ3v) is 9.31. The summed E-state index contributed by atoms with van der Waals surface area (Å²) in [6, 6.07) is 2.52. The van der Waals surface area contributed by atoms with Gasteiger partial charge in [-0.2, -0.15) is 18.2 Å². The Morgan fingerprint density at radius 1 is 1.13 bits per heavy atom. The molecule has 2 bridgehead atoms. The van der Waals surface area contributed by atoms with Gasteiger partial charge in [0.25, 0.3) is 0 Å². The van der Waals surface area contributed by atoms with Crippen LogP contribution < -0.4 is 10.6 Å². The second-order valence-corrected chi connectivity index (χ2v) is 14.6. The summed E-state index contributed by atoms with van der Waals surface area (Å²) in [5, 5.41) is 27.0. The van der Waals surface area contributed by atoms with E-state index in [2.05, 4.69) is 15.4 Å². The monoisotopic (exact) mass is 771 g/mol. The number of fused-ring (bicyclic) bond motifs is 4. The summed E-state index contributed by atoms with van der Waals surface area (Å²) < 4.78 is 64.0. The fourth-order valence-electron chi connectivity index (χ4n) is 7.04. The molecule has 5 rings (SSSR count). The van der Waals surface area contributed by atoms with Crippen molar-refractivity contribution in [1.29, 1.82) is 0 Å². The Morgan fingerprint density at radius 3 is 2.52 bits per heavy atom. The number of alkyl halides is 3. The Balaban J connectivity index is 1.35. The molecule has 19 heteroatoms. The molecule has 0 aromatic heterocycles. The Bertz CT molecular complexity index is 1620. The Hall–Kier alpha value is -4.14. The number of carbonyl (C=O) groups is 5. The highest BCUT2D eigenvalue weighted by Crippen LogP contribution is 2.55. The number of nitrogens with one attached hydrogen (secondary N) is 2. The van der Waals surface area contributed by atoms with Gasteiger partial charge >= 0.3 is 24.1 Å². The van der Waals surface area contributed by atoms with Gasteiger partial charge in [-0.05, 0) is 51.3 Å². The zero-order valence-corrected chi connectivity index (χ0v) is 30.0. The predicted octanol–water partition coefficient (Wildman–Crippen LogP) is 0.811. The summed E-state index contributed by atoms with van der Waals surface area (Å²) in [7, 11) is 0. The molecule has 4 fully saturated rings. The molecule has 0 spiro atoms. The number of benzene rings is 1. The van der Waals surface area contributed by atoms with Crippen LogP contribution in [0.5, 0.6) is 0 Å². The number of ether oxygens (including phenoxy) is 5. The Labute approximate surface area is 308 Å². The highest BCUT2D eigenvalue weighted by molar-refractivity contribution is 5.96. The SMILES string of the molecule is CC(O)C(NC(=O)C12CC3OC(=O)C1N(Cc1cccc(C=CC(=O)OCC(F)(F)F)c1)OC2C1OCOC31)C(=O)NC(CO)CCC(=O)OC(C)(C)C. The minimum Gasteiger partial charge on any atom is -0.460 e. The van der Waals surface area contributed by atoms with Crippen LogP contribution in [0.25, 0.3) is 6.08 Å². The first-order valence-electron chi connectivity index (χ1n) is 17.3.